The van der Waals surface area contributed by atoms with Crippen LogP contribution < -0.4 is 4.90 Å². The van der Waals surface area contributed by atoms with Crippen molar-refractivity contribution in [3.05, 3.63) is 23.9 Å². The summed E-state index contributed by atoms with van der Waals surface area (Å²) >= 11 is 0. The van der Waals surface area contributed by atoms with Gasteiger partial charge in [-0.25, -0.2) is 9.78 Å². The summed E-state index contributed by atoms with van der Waals surface area (Å²) in [5.74, 6) is 0.472. The zero-order chi connectivity index (χ0) is 15.2. The lowest BCUT2D eigenvalue weighted by Gasteiger charge is -2.29. The lowest BCUT2D eigenvalue weighted by Crippen LogP contribution is -2.32. The highest BCUT2D eigenvalue weighted by molar-refractivity contribution is 5.94. The molecule has 5 heteroatoms. The van der Waals surface area contributed by atoms with Crippen LogP contribution in [0.3, 0.4) is 0 Å². The summed E-state index contributed by atoms with van der Waals surface area (Å²) in [6.45, 7) is 3.04. The molecule has 3 rings (SSSR count). The Labute approximate surface area is 131 Å². The van der Waals surface area contributed by atoms with E-state index in [4.69, 9.17) is 9.47 Å². The summed E-state index contributed by atoms with van der Waals surface area (Å²) < 4.78 is 11.1. The van der Waals surface area contributed by atoms with Gasteiger partial charge in [0.2, 0.25) is 0 Å². The predicted molar refractivity (Wildman–Crippen MR) is 84.2 cm³/mol. The maximum absolute atomic E-state index is 12.4. The Kier molecular flexibility index (Phi) is 5.27. The Bertz CT molecular complexity index is 494. The molecule has 2 saturated heterocycles. The van der Waals surface area contributed by atoms with Crippen LogP contribution in [0, 0.1) is 0 Å². The van der Waals surface area contributed by atoms with Crippen LogP contribution in [0.2, 0.25) is 0 Å². The number of hydrogen-bond donors (Lipinski definition) is 0. The molecule has 2 aliphatic rings. The molecule has 0 amide bonds. The minimum absolute atomic E-state index is 0.0489. The van der Waals surface area contributed by atoms with Crippen molar-refractivity contribution in [3.63, 3.8) is 0 Å². The zero-order valence-electron chi connectivity index (χ0n) is 13.0. The second-order valence-electron chi connectivity index (χ2n) is 6.01. The zero-order valence-corrected chi connectivity index (χ0v) is 13.0. The molecule has 5 nitrogen and oxygen atoms in total. The summed E-state index contributed by atoms with van der Waals surface area (Å²) in [6, 6.07) is 3.60. The van der Waals surface area contributed by atoms with E-state index in [-0.39, 0.29) is 12.1 Å². The van der Waals surface area contributed by atoms with E-state index in [1.807, 2.05) is 0 Å². The van der Waals surface area contributed by atoms with E-state index in [2.05, 4.69) is 9.88 Å². The number of ether oxygens (including phenoxy) is 2. The summed E-state index contributed by atoms with van der Waals surface area (Å²) in [5.41, 5.74) is 0.570. The first-order valence-electron chi connectivity index (χ1n) is 8.33. The predicted octanol–water partition coefficient (Wildman–Crippen LogP) is 2.80. The van der Waals surface area contributed by atoms with Crippen LogP contribution in [0.15, 0.2) is 18.3 Å². The van der Waals surface area contributed by atoms with Crippen LogP contribution in [-0.2, 0) is 9.47 Å². The second-order valence-corrected chi connectivity index (χ2v) is 6.01. The van der Waals surface area contributed by atoms with Crippen LogP contribution in [0.4, 0.5) is 5.82 Å². The fraction of sp³-hybridized carbons (Fsp3) is 0.647. The van der Waals surface area contributed by atoms with Crippen LogP contribution in [0.1, 0.15) is 48.9 Å². The normalized spacial score (nSPS) is 22.4. The lowest BCUT2D eigenvalue weighted by atomic mass is 10.1. The number of esters is 1. The van der Waals surface area contributed by atoms with E-state index in [0.29, 0.717) is 12.2 Å². The first kappa shape index (κ1) is 15.3. The van der Waals surface area contributed by atoms with Crippen molar-refractivity contribution in [3.8, 4) is 0 Å². The molecule has 0 aliphatic carbocycles. The van der Waals surface area contributed by atoms with Gasteiger partial charge in [0.25, 0.3) is 0 Å². The van der Waals surface area contributed by atoms with Gasteiger partial charge in [-0.3, -0.25) is 0 Å². The number of aromatic nitrogens is 1. The van der Waals surface area contributed by atoms with Crippen molar-refractivity contribution in [1.82, 2.24) is 4.98 Å². The van der Waals surface area contributed by atoms with Crippen molar-refractivity contribution in [2.45, 2.75) is 44.6 Å². The Balaban J connectivity index is 1.63. The molecule has 2 aliphatic heterocycles. The van der Waals surface area contributed by atoms with E-state index < -0.39 is 0 Å². The number of carbonyl (C=O) groups excluding carboxylic acids is 1. The Morgan fingerprint density at radius 1 is 1.27 bits per heavy atom. The Morgan fingerprint density at radius 2 is 2.14 bits per heavy atom. The molecular formula is C17H24N2O3. The second kappa shape index (κ2) is 7.58. The first-order chi connectivity index (χ1) is 10.8. The van der Waals surface area contributed by atoms with Crippen molar-refractivity contribution in [2.75, 3.05) is 31.2 Å². The van der Waals surface area contributed by atoms with Crippen molar-refractivity contribution < 1.29 is 14.3 Å². The molecule has 3 heterocycles. The standard InChI is InChI=1S/C17H24N2O3/c20-17(22-13-14-7-2-5-12-21-14)15-8-6-9-18-16(15)19-10-3-1-4-11-19/h6,8-9,14H,1-5,7,10-13H2. The third-order valence-corrected chi connectivity index (χ3v) is 4.34. The van der Waals surface area contributed by atoms with Crippen molar-refractivity contribution >= 4 is 11.8 Å². The van der Waals surface area contributed by atoms with Crippen molar-refractivity contribution in [2.24, 2.45) is 0 Å². The van der Waals surface area contributed by atoms with Gasteiger partial charge in [0.1, 0.15) is 18.0 Å². The minimum atomic E-state index is -0.289. The molecule has 0 saturated carbocycles. The molecule has 0 aromatic carbocycles. The molecule has 0 bridgehead atoms. The quantitative estimate of drug-likeness (QED) is 0.801. The van der Waals surface area contributed by atoms with Gasteiger partial charge in [-0.1, -0.05) is 0 Å². The largest absolute Gasteiger partial charge is 0.459 e. The van der Waals surface area contributed by atoms with Gasteiger partial charge in [0.05, 0.1) is 6.10 Å². The fourth-order valence-corrected chi connectivity index (χ4v) is 3.10. The number of pyridine rings is 1. The lowest BCUT2D eigenvalue weighted by molar-refractivity contribution is -0.0300. The monoisotopic (exact) mass is 304 g/mol. The fourth-order valence-electron chi connectivity index (χ4n) is 3.10. The molecule has 22 heavy (non-hydrogen) atoms. The maximum Gasteiger partial charge on any atom is 0.342 e. The molecule has 1 aromatic heterocycles. The van der Waals surface area contributed by atoms with E-state index in [0.717, 1.165) is 57.6 Å². The summed E-state index contributed by atoms with van der Waals surface area (Å²) in [5, 5.41) is 0. The minimum Gasteiger partial charge on any atom is -0.459 e. The average Bonchev–Trinajstić information content (AvgIpc) is 2.61. The number of hydrogen-bond acceptors (Lipinski definition) is 5. The molecule has 0 radical (unpaired) electrons. The SMILES string of the molecule is O=C(OCC1CCCCO1)c1cccnc1N1CCCCC1. The van der Waals surface area contributed by atoms with E-state index in [1.54, 1.807) is 18.3 Å². The molecule has 0 N–H and O–H groups in total. The molecule has 120 valence electrons. The third kappa shape index (κ3) is 3.77. The highest BCUT2D eigenvalue weighted by Crippen LogP contribution is 2.22. The third-order valence-electron chi connectivity index (χ3n) is 4.34. The maximum atomic E-state index is 12.4. The summed E-state index contributed by atoms with van der Waals surface area (Å²) in [7, 11) is 0. The van der Waals surface area contributed by atoms with Gasteiger partial charge in [-0.2, -0.15) is 0 Å². The molecular weight excluding hydrogens is 280 g/mol. The van der Waals surface area contributed by atoms with Gasteiger partial charge >= 0.3 is 5.97 Å². The highest BCUT2D eigenvalue weighted by Gasteiger charge is 2.22. The van der Waals surface area contributed by atoms with Crippen LogP contribution in [0.5, 0.6) is 0 Å². The van der Waals surface area contributed by atoms with Gasteiger partial charge in [-0.05, 0) is 50.7 Å². The van der Waals surface area contributed by atoms with Crippen molar-refractivity contribution in [1.29, 1.82) is 0 Å². The number of nitrogens with zero attached hydrogens (tertiary/aromatic N) is 2. The number of carbonyl (C=O) groups is 1. The number of piperidine rings is 1. The van der Waals surface area contributed by atoms with E-state index in [9.17, 15) is 4.79 Å². The summed E-state index contributed by atoms with van der Waals surface area (Å²) in [6.07, 6.45) is 8.57. The van der Waals surface area contributed by atoms with E-state index >= 15 is 0 Å². The topological polar surface area (TPSA) is 51.7 Å². The molecule has 1 aromatic rings. The van der Waals surface area contributed by atoms with E-state index in [1.165, 1.54) is 6.42 Å². The molecule has 2 fully saturated rings. The smallest absolute Gasteiger partial charge is 0.342 e. The molecule has 1 unspecified atom stereocenters. The number of anilines is 1. The van der Waals surface area contributed by atoms with Gasteiger partial charge in [0, 0.05) is 25.9 Å². The van der Waals surface area contributed by atoms with Crippen LogP contribution in [0.25, 0.3) is 0 Å². The average molecular weight is 304 g/mol. The Hall–Kier alpha value is -1.62. The van der Waals surface area contributed by atoms with Gasteiger partial charge in [-0.15, -0.1) is 0 Å². The summed E-state index contributed by atoms with van der Waals surface area (Å²) in [4.78, 5) is 19.0. The molecule has 1 atom stereocenters. The van der Waals surface area contributed by atoms with Crippen LogP contribution in [-0.4, -0.2) is 43.4 Å². The Morgan fingerprint density at radius 3 is 2.91 bits per heavy atom. The van der Waals surface area contributed by atoms with Gasteiger partial charge in [0.15, 0.2) is 0 Å². The number of rotatable bonds is 4. The molecule has 0 spiro atoms. The van der Waals surface area contributed by atoms with Crippen LogP contribution >= 0.6 is 0 Å². The van der Waals surface area contributed by atoms with Gasteiger partial charge < -0.3 is 14.4 Å². The highest BCUT2D eigenvalue weighted by atomic mass is 16.6. The first-order valence-corrected chi connectivity index (χ1v) is 8.33.